The molecule has 0 aromatic heterocycles. The number of hydrogen-bond acceptors (Lipinski definition) is 3. The third kappa shape index (κ3) is 8.90. The summed E-state index contributed by atoms with van der Waals surface area (Å²) in [5.74, 6) is 0. The lowest BCUT2D eigenvalue weighted by Crippen LogP contribution is -2.40. The van der Waals surface area contributed by atoms with Crippen molar-refractivity contribution in [3.8, 4) is 0 Å². The van der Waals surface area contributed by atoms with Gasteiger partial charge in [0.05, 0.1) is 13.2 Å². The van der Waals surface area contributed by atoms with E-state index in [9.17, 15) is 0 Å². The molecule has 3 nitrogen and oxygen atoms in total. The molecule has 0 rings (SSSR count). The van der Waals surface area contributed by atoms with Crippen molar-refractivity contribution in [1.29, 1.82) is 0 Å². The lowest BCUT2D eigenvalue weighted by atomic mass is 9.85. The monoisotopic (exact) mass is 301 g/mol. The van der Waals surface area contributed by atoms with Gasteiger partial charge >= 0.3 is 0 Å². The van der Waals surface area contributed by atoms with Gasteiger partial charge in [-0.25, -0.2) is 0 Å². The minimum absolute atomic E-state index is 0.141. The number of hydrogen-bond donors (Lipinski definition) is 0. The smallest absolute Gasteiger partial charge is 0.0589 e. The molecule has 0 saturated carbocycles. The van der Waals surface area contributed by atoms with E-state index in [2.05, 4.69) is 45.0 Å². The van der Waals surface area contributed by atoms with Gasteiger partial charge in [-0.05, 0) is 11.5 Å². The lowest BCUT2D eigenvalue weighted by Gasteiger charge is -2.36. The Labute approximate surface area is 127 Å². The molecule has 0 atom stereocenters. The molecular weight excluding hydrogens is 266 g/mol. The van der Waals surface area contributed by atoms with Gasteiger partial charge in [0.2, 0.25) is 0 Å². The van der Waals surface area contributed by atoms with Crippen molar-refractivity contribution in [2.24, 2.45) is 5.41 Å². The zero-order chi connectivity index (χ0) is 15.8. The SMILES string of the molecule is C=C(C[Si](C)(C)C)C(C)(C)CN(CCOC)CCOC. The van der Waals surface area contributed by atoms with Gasteiger partial charge in [-0.1, -0.05) is 45.6 Å². The maximum atomic E-state index is 5.21. The summed E-state index contributed by atoms with van der Waals surface area (Å²) in [7, 11) is 2.41. The highest BCUT2D eigenvalue weighted by Gasteiger charge is 2.28. The molecule has 0 spiro atoms. The van der Waals surface area contributed by atoms with E-state index in [4.69, 9.17) is 9.47 Å². The Balaban J connectivity index is 4.58. The molecule has 0 aliphatic carbocycles. The molecule has 0 aromatic rings. The van der Waals surface area contributed by atoms with Crippen LogP contribution in [-0.4, -0.2) is 60.0 Å². The third-order valence-corrected chi connectivity index (χ3v) is 5.03. The average Bonchev–Trinajstić information content (AvgIpc) is 2.30. The molecule has 4 heteroatoms. The molecule has 0 radical (unpaired) electrons. The molecule has 0 bridgehead atoms. The van der Waals surface area contributed by atoms with E-state index in [-0.39, 0.29) is 5.41 Å². The Hall–Kier alpha value is -0.163. The summed E-state index contributed by atoms with van der Waals surface area (Å²) < 4.78 is 10.4. The van der Waals surface area contributed by atoms with Gasteiger partial charge in [-0.2, -0.15) is 0 Å². The van der Waals surface area contributed by atoms with Crippen LogP contribution in [0.3, 0.4) is 0 Å². The van der Waals surface area contributed by atoms with Crippen LogP contribution in [0.25, 0.3) is 0 Å². The minimum atomic E-state index is -1.10. The summed E-state index contributed by atoms with van der Waals surface area (Å²) in [4.78, 5) is 2.42. The number of rotatable bonds is 11. The van der Waals surface area contributed by atoms with Gasteiger partial charge in [-0.15, -0.1) is 0 Å². The van der Waals surface area contributed by atoms with Gasteiger partial charge in [0.15, 0.2) is 0 Å². The first-order valence-corrected chi connectivity index (χ1v) is 11.2. The van der Waals surface area contributed by atoms with Gasteiger partial charge in [0, 0.05) is 41.9 Å². The van der Waals surface area contributed by atoms with Crippen LogP contribution < -0.4 is 0 Å². The Morgan fingerprint density at radius 1 is 1.05 bits per heavy atom. The van der Waals surface area contributed by atoms with E-state index < -0.39 is 8.07 Å². The largest absolute Gasteiger partial charge is 0.383 e. The highest BCUT2D eigenvalue weighted by Crippen LogP contribution is 2.32. The molecule has 120 valence electrons. The fourth-order valence-corrected chi connectivity index (χ4v) is 4.02. The molecule has 0 aliphatic heterocycles. The first-order valence-electron chi connectivity index (χ1n) is 7.51. The summed E-state index contributed by atoms with van der Waals surface area (Å²) >= 11 is 0. The second kappa shape index (κ2) is 8.98. The maximum Gasteiger partial charge on any atom is 0.0589 e. The van der Waals surface area contributed by atoms with Crippen LogP contribution in [0.1, 0.15) is 13.8 Å². The molecular formula is C16H35NO2Si. The van der Waals surface area contributed by atoms with Gasteiger partial charge in [-0.3, -0.25) is 4.90 Å². The molecule has 0 heterocycles. The van der Waals surface area contributed by atoms with Crippen LogP contribution in [0.15, 0.2) is 12.2 Å². The normalized spacial score (nSPS) is 13.0. The fourth-order valence-electron chi connectivity index (χ4n) is 2.26. The van der Waals surface area contributed by atoms with E-state index in [0.29, 0.717) is 0 Å². The van der Waals surface area contributed by atoms with E-state index in [1.54, 1.807) is 14.2 Å². The van der Waals surface area contributed by atoms with E-state index >= 15 is 0 Å². The number of methoxy groups -OCH3 is 2. The molecule has 0 aliphatic rings. The Morgan fingerprint density at radius 3 is 1.85 bits per heavy atom. The van der Waals surface area contributed by atoms with Crippen molar-refractivity contribution in [3.05, 3.63) is 12.2 Å². The summed E-state index contributed by atoms with van der Waals surface area (Å²) in [5.41, 5.74) is 1.53. The summed E-state index contributed by atoms with van der Waals surface area (Å²) in [6.45, 7) is 20.6. The molecule has 0 aromatic carbocycles. The molecule has 20 heavy (non-hydrogen) atoms. The summed E-state index contributed by atoms with van der Waals surface area (Å²) in [5, 5.41) is 0. The predicted octanol–water partition coefficient (Wildman–Crippen LogP) is 3.50. The zero-order valence-corrected chi connectivity index (χ0v) is 15.7. The first kappa shape index (κ1) is 19.8. The molecule has 0 saturated heterocycles. The highest BCUT2D eigenvalue weighted by molar-refractivity contribution is 6.76. The Morgan fingerprint density at radius 2 is 1.50 bits per heavy atom. The quantitative estimate of drug-likeness (QED) is 0.431. The van der Waals surface area contributed by atoms with E-state index in [1.165, 1.54) is 11.6 Å². The zero-order valence-electron chi connectivity index (χ0n) is 14.7. The molecule has 0 fully saturated rings. The number of ether oxygens (including phenoxy) is 2. The van der Waals surface area contributed by atoms with Crippen molar-refractivity contribution < 1.29 is 9.47 Å². The Kier molecular flexibility index (Phi) is 8.90. The summed E-state index contributed by atoms with van der Waals surface area (Å²) in [6, 6.07) is 1.20. The van der Waals surface area contributed by atoms with Gasteiger partial charge < -0.3 is 9.47 Å². The second-order valence-corrected chi connectivity index (χ2v) is 13.0. The maximum absolute atomic E-state index is 5.21. The first-order chi connectivity index (χ1) is 9.12. The van der Waals surface area contributed by atoms with Crippen molar-refractivity contribution >= 4 is 8.07 Å². The Bertz CT molecular complexity index is 277. The van der Waals surface area contributed by atoms with Gasteiger partial charge in [0.1, 0.15) is 0 Å². The van der Waals surface area contributed by atoms with E-state index in [0.717, 1.165) is 32.8 Å². The molecule has 0 N–H and O–H groups in total. The minimum Gasteiger partial charge on any atom is -0.383 e. The van der Waals surface area contributed by atoms with Crippen LogP contribution in [0.5, 0.6) is 0 Å². The van der Waals surface area contributed by atoms with Crippen LogP contribution in [0.4, 0.5) is 0 Å². The van der Waals surface area contributed by atoms with Crippen LogP contribution >= 0.6 is 0 Å². The van der Waals surface area contributed by atoms with Crippen LogP contribution in [-0.2, 0) is 9.47 Å². The van der Waals surface area contributed by atoms with Crippen molar-refractivity contribution in [2.45, 2.75) is 39.5 Å². The molecule has 0 amide bonds. The lowest BCUT2D eigenvalue weighted by molar-refractivity contribution is 0.0960. The van der Waals surface area contributed by atoms with Crippen molar-refractivity contribution in [1.82, 2.24) is 4.90 Å². The van der Waals surface area contributed by atoms with E-state index in [1.807, 2.05) is 0 Å². The average molecular weight is 302 g/mol. The second-order valence-electron chi connectivity index (χ2n) is 7.49. The van der Waals surface area contributed by atoms with Crippen LogP contribution in [0, 0.1) is 5.41 Å². The van der Waals surface area contributed by atoms with Crippen molar-refractivity contribution in [2.75, 3.05) is 47.1 Å². The standard InChI is InChI=1S/C16H35NO2Si/c1-15(13-20(6,7)8)16(2,3)14-17(9-11-18-4)10-12-19-5/h1,9-14H2,2-8H3. The number of nitrogens with zero attached hydrogens (tertiary/aromatic N) is 1. The van der Waals surface area contributed by atoms with Crippen LogP contribution in [0.2, 0.25) is 25.7 Å². The summed E-state index contributed by atoms with van der Waals surface area (Å²) in [6.07, 6.45) is 0. The van der Waals surface area contributed by atoms with Crippen molar-refractivity contribution in [3.63, 3.8) is 0 Å². The van der Waals surface area contributed by atoms with Gasteiger partial charge in [0.25, 0.3) is 0 Å². The topological polar surface area (TPSA) is 21.7 Å². The third-order valence-electron chi connectivity index (χ3n) is 3.54. The highest BCUT2D eigenvalue weighted by atomic mass is 28.3. The molecule has 0 unspecified atom stereocenters. The fraction of sp³-hybridized carbons (Fsp3) is 0.875. The predicted molar refractivity (Wildman–Crippen MR) is 91.3 cm³/mol.